The number of amides is 2. The standard InChI is InChI=1S/C25H23ClFN3O4/c1-14(31)18-12-29(20-7-3-2-5-17(18)20)13-23(32)30-16(9-15-10-21(15)30)11-28-25(33)34-22-8-4-6-19(26)24(22)27/h2-8,12,15-16,21H,9-11,13H2,1H3,(H,28,33)/t15-,16-,21+/m0/s1. The first-order valence-corrected chi connectivity index (χ1v) is 11.5. The highest BCUT2D eigenvalue weighted by Crippen LogP contribution is 2.47. The molecule has 2 aliphatic rings. The number of ether oxygens (including phenoxy) is 1. The van der Waals surface area contributed by atoms with Crippen LogP contribution in [-0.2, 0) is 11.3 Å². The second kappa shape index (κ2) is 8.76. The van der Waals surface area contributed by atoms with Crippen LogP contribution in [0.1, 0.15) is 30.1 Å². The van der Waals surface area contributed by atoms with E-state index in [1.54, 1.807) is 6.20 Å². The van der Waals surface area contributed by atoms with Crippen LogP contribution < -0.4 is 10.1 Å². The number of carbonyl (C=O) groups is 3. The van der Waals surface area contributed by atoms with E-state index in [0.717, 1.165) is 23.7 Å². The van der Waals surface area contributed by atoms with Gasteiger partial charge in [-0.1, -0.05) is 35.9 Å². The van der Waals surface area contributed by atoms with E-state index in [-0.39, 0.29) is 47.6 Å². The van der Waals surface area contributed by atoms with Crippen LogP contribution >= 0.6 is 11.6 Å². The van der Waals surface area contributed by atoms with E-state index < -0.39 is 11.9 Å². The Morgan fingerprint density at radius 1 is 1.15 bits per heavy atom. The molecule has 2 aromatic carbocycles. The van der Waals surface area contributed by atoms with E-state index in [0.29, 0.717) is 11.5 Å². The largest absolute Gasteiger partial charge is 0.412 e. The van der Waals surface area contributed by atoms with Gasteiger partial charge in [-0.2, -0.15) is 0 Å². The van der Waals surface area contributed by atoms with Crippen LogP contribution in [0.4, 0.5) is 9.18 Å². The molecule has 3 atom stereocenters. The molecular weight excluding hydrogens is 461 g/mol. The van der Waals surface area contributed by atoms with Crippen molar-refractivity contribution in [3.63, 3.8) is 0 Å². The number of carbonyl (C=O) groups excluding carboxylic acids is 3. The average molecular weight is 484 g/mol. The number of piperidine rings is 1. The summed E-state index contributed by atoms with van der Waals surface area (Å²) in [5, 5.41) is 3.33. The van der Waals surface area contributed by atoms with E-state index in [2.05, 4.69) is 5.32 Å². The minimum atomic E-state index is -0.809. The number of rotatable bonds is 6. The minimum Gasteiger partial charge on any atom is -0.407 e. The molecule has 0 spiro atoms. The summed E-state index contributed by atoms with van der Waals surface area (Å²) in [5.41, 5.74) is 1.41. The van der Waals surface area contributed by atoms with Gasteiger partial charge in [0, 0.05) is 41.3 Å². The normalized spacial score (nSPS) is 20.8. The van der Waals surface area contributed by atoms with Gasteiger partial charge in [0.2, 0.25) is 5.91 Å². The summed E-state index contributed by atoms with van der Waals surface area (Å²) >= 11 is 5.72. The zero-order chi connectivity index (χ0) is 24.0. The van der Waals surface area contributed by atoms with Gasteiger partial charge in [0.25, 0.3) is 0 Å². The number of nitrogens with one attached hydrogen (secondary N) is 1. The Morgan fingerprint density at radius 3 is 2.74 bits per heavy atom. The van der Waals surface area contributed by atoms with E-state index >= 15 is 0 Å². The Labute approximate surface area is 200 Å². The van der Waals surface area contributed by atoms with Crippen molar-refractivity contribution in [2.24, 2.45) is 5.92 Å². The summed E-state index contributed by atoms with van der Waals surface area (Å²) in [4.78, 5) is 39.4. The Hall–Kier alpha value is -3.39. The summed E-state index contributed by atoms with van der Waals surface area (Å²) in [7, 11) is 0. The van der Waals surface area contributed by atoms with Crippen LogP contribution in [0.25, 0.3) is 10.9 Å². The third kappa shape index (κ3) is 4.14. The lowest BCUT2D eigenvalue weighted by molar-refractivity contribution is -0.133. The molecule has 1 saturated heterocycles. The highest BCUT2D eigenvalue weighted by molar-refractivity contribution is 6.30. The van der Waals surface area contributed by atoms with Crippen LogP contribution in [0.15, 0.2) is 48.7 Å². The molecule has 0 radical (unpaired) electrons. The fraction of sp³-hybridized carbons (Fsp3) is 0.320. The van der Waals surface area contributed by atoms with Gasteiger partial charge in [0.1, 0.15) is 6.54 Å². The van der Waals surface area contributed by atoms with Crippen molar-refractivity contribution in [2.45, 2.75) is 38.4 Å². The molecule has 7 nitrogen and oxygen atoms in total. The number of nitrogens with zero attached hydrogens (tertiary/aromatic N) is 2. The second-order valence-electron chi connectivity index (χ2n) is 8.82. The van der Waals surface area contributed by atoms with E-state index in [1.807, 2.05) is 33.7 Å². The van der Waals surface area contributed by atoms with Crippen LogP contribution in [0, 0.1) is 11.7 Å². The Kier molecular flexibility index (Phi) is 5.77. The average Bonchev–Trinajstić information content (AvgIpc) is 3.31. The molecule has 3 aromatic rings. The van der Waals surface area contributed by atoms with Gasteiger partial charge in [-0.3, -0.25) is 9.59 Å². The summed E-state index contributed by atoms with van der Waals surface area (Å²) < 4.78 is 20.8. The monoisotopic (exact) mass is 483 g/mol. The fourth-order valence-corrected chi connectivity index (χ4v) is 5.08. The molecule has 176 valence electrons. The third-order valence-corrected chi connectivity index (χ3v) is 6.87. The van der Waals surface area contributed by atoms with Gasteiger partial charge >= 0.3 is 6.09 Å². The first-order chi connectivity index (χ1) is 16.3. The van der Waals surface area contributed by atoms with Crippen molar-refractivity contribution in [2.75, 3.05) is 6.54 Å². The molecular formula is C25H23ClFN3O4. The Morgan fingerprint density at radius 2 is 1.94 bits per heavy atom. The molecule has 0 unspecified atom stereocenters. The highest BCUT2D eigenvalue weighted by Gasteiger charge is 2.53. The maximum atomic E-state index is 14.0. The number of ketones is 1. The molecule has 34 heavy (non-hydrogen) atoms. The van der Waals surface area contributed by atoms with Gasteiger partial charge in [0.15, 0.2) is 17.3 Å². The number of hydrogen-bond acceptors (Lipinski definition) is 4. The molecule has 1 aliphatic carbocycles. The molecule has 5 rings (SSSR count). The number of benzene rings is 2. The molecule has 1 N–H and O–H groups in total. The molecule has 2 amide bonds. The van der Waals surface area contributed by atoms with Crippen LogP contribution in [-0.4, -0.2) is 45.9 Å². The zero-order valence-electron chi connectivity index (χ0n) is 18.5. The molecule has 0 bridgehead atoms. The van der Waals surface area contributed by atoms with Crippen LogP contribution in [0.3, 0.4) is 0 Å². The molecule has 9 heteroatoms. The number of Topliss-reactive ketones (excluding diaryl/α,β-unsaturated/α-hetero) is 1. The zero-order valence-corrected chi connectivity index (χ0v) is 19.2. The van der Waals surface area contributed by atoms with Gasteiger partial charge < -0.3 is 19.5 Å². The van der Waals surface area contributed by atoms with Crippen LogP contribution in [0.2, 0.25) is 5.02 Å². The lowest BCUT2D eigenvalue weighted by Gasteiger charge is -2.28. The number of para-hydroxylation sites is 1. The molecule has 1 aromatic heterocycles. The quantitative estimate of drug-likeness (QED) is 0.526. The molecule has 1 saturated carbocycles. The van der Waals surface area contributed by atoms with Crippen molar-refractivity contribution >= 4 is 40.3 Å². The van der Waals surface area contributed by atoms with Crippen LogP contribution in [0.5, 0.6) is 5.75 Å². The minimum absolute atomic E-state index is 0.0532. The first kappa shape index (κ1) is 22.4. The lowest BCUT2D eigenvalue weighted by Crippen LogP contribution is -2.46. The fourth-order valence-electron chi connectivity index (χ4n) is 4.92. The number of fused-ring (bicyclic) bond motifs is 2. The maximum Gasteiger partial charge on any atom is 0.412 e. The van der Waals surface area contributed by atoms with Crippen molar-refractivity contribution in [1.29, 1.82) is 0 Å². The maximum absolute atomic E-state index is 14.0. The third-order valence-electron chi connectivity index (χ3n) is 6.57. The summed E-state index contributed by atoms with van der Waals surface area (Å²) in [6, 6.07) is 11.7. The highest BCUT2D eigenvalue weighted by atomic mass is 35.5. The summed E-state index contributed by atoms with van der Waals surface area (Å²) in [5.74, 6) is -0.758. The van der Waals surface area contributed by atoms with E-state index in [9.17, 15) is 18.8 Å². The summed E-state index contributed by atoms with van der Waals surface area (Å²) in [6.07, 6.45) is 2.66. The number of aromatic nitrogens is 1. The smallest absolute Gasteiger partial charge is 0.407 e. The van der Waals surface area contributed by atoms with Gasteiger partial charge in [-0.25, -0.2) is 9.18 Å². The van der Waals surface area contributed by atoms with Crippen molar-refractivity contribution in [1.82, 2.24) is 14.8 Å². The van der Waals surface area contributed by atoms with Crippen molar-refractivity contribution < 1.29 is 23.5 Å². The van der Waals surface area contributed by atoms with Crippen molar-refractivity contribution in [3.8, 4) is 5.75 Å². The predicted molar refractivity (Wildman–Crippen MR) is 125 cm³/mol. The van der Waals surface area contributed by atoms with Gasteiger partial charge in [-0.05, 0) is 43.9 Å². The first-order valence-electron chi connectivity index (χ1n) is 11.1. The molecule has 2 heterocycles. The van der Waals surface area contributed by atoms with Gasteiger partial charge in [0.05, 0.1) is 5.02 Å². The topological polar surface area (TPSA) is 80.6 Å². The molecule has 2 fully saturated rings. The Balaban J connectivity index is 1.26. The second-order valence-corrected chi connectivity index (χ2v) is 9.23. The lowest BCUT2D eigenvalue weighted by atomic mass is 10.1. The predicted octanol–water partition coefficient (Wildman–Crippen LogP) is 4.41. The number of hydrogen-bond donors (Lipinski definition) is 1. The summed E-state index contributed by atoms with van der Waals surface area (Å²) in [6.45, 7) is 1.82. The number of likely N-dealkylation sites (tertiary alicyclic amines) is 1. The molecule has 1 aliphatic heterocycles. The van der Waals surface area contributed by atoms with Crippen molar-refractivity contribution in [3.05, 3.63) is 65.1 Å². The SMILES string of the molecule is CC(=O)c1cn(CC(=O)N2[C@H](CNC(=O)Oc3cccc(Cl)c3F)C[C@H]3C[C@H]32)c2ccccc12. The number of halogens is 2. The van der Waals surface area contributed by atoms with Gasteiger partial charge in [-0.15, -0.1) is 0 Å². The Bertz CT molecular complexity index is 1310. The van der Waals surface area contributed by atoms with E-state index in [4.69, 9.17) is 16.3 Å². The van der Waals surface area contributed by atoms with E-state index in [1.165, 1.54) is 25.1 Å².